The van der Waals surface area contributed by atoms with Crippen LogP contribution in [0.2, 0.25) is 0 Å². The van der Waals surface area contributed by atoms with Gasteiger partial charge in [0.1, 0.15) is 11.2 Å². The summed E-state index contributed by atoms with van der Waals surface area (Å²) in [6, 6.07) is 0.300. The first kappa shape index (κ1) is 18.8. The smallest absolute Gasteiger partial charge is 0.354 e. The summed E-state index contributed by atoms with van der Waals surface area (Å²) in [6.45, 7) is 3.45. The maximum absolute atomic E-state index is 15.2. The van der Waals surface area contributed by atoms with Gasteiger partial charge in [0.05, 0.1) is 18.9 Å². The van der Waals surface area contributed by atoms with Crippen molar-refractivity contribution < 1.29 is 9.13 Å². The second-order valence-corrected chi connectivity index (χ2v) is 7.80. The highest BCUT2D eigenvalue weighted by Gasteiger charge is 2.35. The number of fused-ring (bicyclic) bond motifs is 1. The Morgan fingerprint density at radius 2 is 2.04 bits per heavy atom. The summed E-state index contributed by atoms with van der Waals surface area (Å²) < 4.78 is 22.4. The van der Waals surface area contributed by atoms with Crippen LogP contribution in [-0.4, -0.2) is 42.4 Å². The molecule has 4 rings (SSSR count). The van der Waals surface area contributed by atoms with E-state index in [1.807, 2.05) is 11.9 Å². The lowest BCUT2D eigenvalue weighted by atomic mass is 10.0. The molecule has 8 nitrogen and oxygen atoms in total. The fraction of sp³-hybridized carbons (Fsp3) is 0.579. The normalized spacial score (nSPS) is 20.7. The third-order valence-electron chi connectivity index (χ3n) is 6.15. The maximum Gasteiger partial charge on any atom is 0.354 e. The molecule has 3 N–H and O–H groups in total. The van der Waals surface area contributed by atoms with Crippen LogP contribution in [0.5, 0.6) is 5.75 Å². The number of methoxy groups -OCH3 is 1. The fourth-order valence-corrected chi connectivity index (χ4v) is 4.27. The van der Waals surface area contributed by atoms with Gasteiger partial charge in [0.15, 0.2) is 11.6 Å². The number of anilines is 1. The number of aromatic nitrogens is 2. The third kappa shape index (κ3) is 2.76. The average Bonchev–Trinajstić information content (AvgIpc) is 3.41. The van der Waals surface area contributed by atoms with Crippen LogP contribution in [0, 0.1) is 11.7 Å². The molecule has 0 amide bonds. The highest BCUT2D eigenvalue weighted by atomic mass is 19.1. The Hall–Kier alpha value is -2.55. The van der Waals surface area contributed by atoms with Crippen LogP contribution in [0.1, 0.15) is 37.7 Å². The van der Waals surface area contributed by atoms with E-state index >= 15 is 4.39 Å². The molecular weight excluding hydrogens is 365 g/mol. The van der Waals surface area contributed by atoms with Crippen molar-refractivity contribution in [3.8, 4) is 5.75 Å². The highest BCUT2D eigenvalue weighted by molar-refractivity contribution is 5.78. The average molecular weight is 391 g/mol. The van der Waals surface area contributed by atoms with Crippen LogP contribution < -0.4 is 32.0 Å². The lowest BCUT2D eigenvalue weighted by molar-refractivity contribution is 0.410. The van der Waals surface area contributed by atoms with Crippen molar-refractivity contribution in [1.29, 1.82) is 0 Å². The number of nitrogen functional groups attached to an aromatic ring is 1. The molecule has 0 spiro atoms. The lowest BCUT2D eigenvalue weighted by Crippen LogP contribution is -2.44. The molecule has 2 aromatic rings. The Kier molecular flexibility index (Phi) is 4.57. The molecule has 0 aromatic carbocycles. The van der Waals surface area contributed by atoms with E-state index in [2.05, 4.69) is 12.2 Å². The molecule has 2 unspecified atom stereocenters. The van der Waals surface area contributed by atoms with E-state index in [0.29, 0.717) is 46.5 Å². The van der Waals surface area contributed by atoms with Gasteiger partial charge in [-0.1, -0.05) is 0 Å². The number of nitrogens with two attached hydrogens (primary N) is 1. The van der Waals surface area contributed by atoms with E-state index < -0.39 is 17.1 Å². The summed E-state index contributed by atoms with van der Waals surface area (Å²) >= 11 is 0. The molecule has 0 bridgehead atoms. The molecule has 1 saturated carbocycles. The number of pyridine rings is 1. The molecule has 2 atom stereocenters. The Labute approximate surface area is 161 Å². The fourth-order valence-electron chi connectivity index (χ4n) is 4.27. The first-order chi connectivity index (χ1) is 13.4. The van der Waals surface area contributed by atoms with Gasteiger partial charge in [0.25, 0.3) is 5.56 Å². The minimum absolute atomic E-state index is 0.0146. The Balaban J connectivity index is 1.95. The number of rotatable bonds is 5. The van der Waals surface area contributed by atoms with Crippen LogP contribution in [0.3, 0.4) is 0 Å². The highest BCUT2D eigenvalue weighted by Crippen LogP contribution is 2.45. The number of nitrogens with zero attached hydrogens (tertiary/aromatic N) is 3. The zero-order chi connectivity index (χ0) is 20.2. The van der Waals surface area contributed by atoms with Crippen molar-refractivity contribution in [2.45, 2.75) is 38.1 Å². The van der Waals surface area contributed by atoms with Crippen LogP contribution in [0.15, 0.2) is 15.8 Å². The maximum atomic E-state index is 15.2. The van der Waals surface area contributed by atoms with Gasteiger partial charge in [0, 0.05) is 19.1 Å². The van der Waals surface area contributed by atoms with E-state index in [1.54, 1.807) is 0 Å². The number of nitrogens with one attached hydrogen (secondary N) is 1. The number of halogens is 1. The Bertz CT molecular complexity index is 1040. The summed E-state index contributed by atoms with van der Waals surface area (Å²) in [7, 11) is 3.36. The van der Waals surface area contributed by atoms with Gasteiger partial charge in [-0.2, -0.15) is 4.68 Å². The Morgan fingerprint density at radius 1 is 1.32 bits per heavy atom. The van der Waals surface area contributed by atoms with Gasteiger partial charge in [0.2, 0.25) is 0 Å². The predicted molar refractivity (Wildman–Crippen MR) is 105 cm³/mol. The predicted octanol–water partition coefficient (Wildman–Crippen LogP) is 0.634. The molecule has 1 aliphatic carbocycles. The molecule has 152 valence electrons. The van der Waals surface area contributed by atoms with E-state index in [1.165, 1.54) is 7.11 Å². The van der Waals surface area contributed by atoms with E-state index in [4.69, 9.17) is 10.6 Å². The monoisotopic (exact) mass is 391 g/mol. The largest absolute Gasteiger partial charge is 0.492 e. The number of hydrogen-bond acceptors (Lipinski definition) is 6. The zero-order valence-corrected chi connectivity index (χ0v) is 16.4. The van der Waals surface area contributed by atoms with E-state index in [-0.39, 0.29) is 11.7 Å². The van der Waals surface area contributed by atoms with Crippen LogP contribution >= 0.6 is 0 Å². The molecule has 2 aromatic heterocycles. The zero-order valence-electron chi connectivity index (χ0n) is 16.4. The molecule has 1 saturated heterocycles. The summed E-state index contributed by atoms with van der Waals surface area (Å²) in [6.07, 6.45) is 3.72. The third-order valence-corrected chi connectivity index (χ3v) is 6.15. The summed E-state index contributed by atoms with van der Waals surface area (Å²) in [5, 5.41) is 3.25. The number of ether oxygens (including phenoxy) is 1. The van der Waals surface area contributed by atoms with Crippen molar-refractivity contribution >= 4 is 11.2 Å². The number of hydrogen-bond donors (Lipinski definition) is 2. The molecule has 1 aliphatic heterocycles. The van der Waals surface area contributed by atoms with Gasteiger partial charge in [-0.25, -0.2) is 9.18 Å². The standard InChI is InChI=1S/C19H26FN5O3/c1-10(22-2)12-6-7-23(8-12)15-13(20)9-24-16(17(15)28-3)14(11-4-5-11)18(26)25(21)19(24)27/h9-12,22H,4-8,21H2,1-3H3. The van der Waals surface area contributed by atoms with Crippen LogP contribution in [0.25, 0.3) is 5.52 Å². The minimum atomic E-state index is -0.781. The van der Waals surface area contributed by atoms with Crippen LogP contribution in [0.4, 0.5) is 10.1 Å². The molecule has 9 heteroatoms. The van der Waals surface area contributed by atoms with Crippen molar-refractivity contribution in [3.63, 3.8) is 0 Å². The molecule has 28 heavy (non-hydrogen) atoms. The van der Waals surface area contributed by atoms with Crippen molar-refractivity contribution in [2.24, 2.45) is 5.92 Å². The van der Waals surface area contributed by atoms with E-state index in [0.717, 1.165) is 29.9 Å². The molecule has 3 heterocycles. The van der Waals surface area contributed by atoms with Gasteiger partial charge in [-0.3, -0.25) is 9.20 Å². The lowest BCUT2D eigenvalue weighted by Gasteiger charge is -2.25. The van der Waals surface area contributed by atoms with Gasteiger partial charge in [-0.15, -0.1) is 0 Å². The molecule has 0 radical (unpaired) electrons. The van der Waals surface area contributed by atoms with Crippen molar-refractivity contribution in [3.05, 3.63) is 38.4 Å². The first-order valence-electron chi connectivity index (χ1n) is 9.64. The van der Waals surface area contributed by atoms with Crippen molar-refractivity contribution in [1.82, 2.24) is 14.4 Å². The topological polar surface area (TPSA) is 94.0 Å². The second kappa shape index (κ2) is 6.80. The molecule has 2 fully saturated rings. The minimum Gasteiger partial charge on any atom is -0.492 e. The van der Waals surface area contributed by atoms with Crippen LogP contribution in [-0.2, 0) is 0 Å². The van der Waals surface area contributed by atoms with E-state index in [9.17, 15) is 9.59 Å². The molecular formula is C19H26FN5O3. The van der Waals surface area contributed by atoms with Gasteiger partial charge in [-0.05, 0) is 45.1 Å². The summed E-state index contributed by atoms with van der Waals surface area (Å²) in [5.74, 6) is 5.72. The Morgan fingerprint density at radius 3 is 2.64 bits per heavy atom. The summed E-state index contributed by atoms with van der Waals surface area (Å²) in [5.41, 5.74) is -0.241. The van der Waals surface area contributed by atoms with Crippen molar-refractivity contribution in [2.75, 3.05) is 38.0 Å². The SMILES string of the molecule is CNC(C)C1CCN(c2c(F)cn3c(=O)n(N)c(=O)c(C4CC4)c3c2OC)C1. The second-order valence-electron chi connectivity index (χ2n) is 7.80. The quantitative estimate of drug-likeness (QED) is 0.727. The molecule has 2 aliphatic rings. The first-order valence-corrected chi connectivity index (χ1v) is 9.64. The summed E-state index contributed by atoms with van der Waals surface area (Å²) in [4.78, 5) is 27.2. The van der Waals surface area contributed by atoms with Gasteiger partial charge >= 0.3 is 5.69 Å². The van der Waals surface area contributed by atoms with Gasteiger partial charge < -0.3 is 20.8 Å².